The highest BCUT2D eigenvalue weighted by Crippen LogP contribution is 2.11. The number of carbonyl (C=O) groups is 1. The molecule has 0 saturated carbocycles. The van der Waals surface area contributed by atoms with E-state index in [4.69, 9.17) is 4.74 Å². The molecule has 1 aromatic rings. The largest absolute Gasteiger partial charge is 0.373 e. The summed E-state index contributed by atoms with van der Waals surface area (Å²) < 4.78 is 5.74. The number of rotatable bonds is 7. The van der Waals surface area contributed by atoms with Crippen LogP contribution in [0.1, 0.15) is 56.1 Å². The first-order valence-electron chi connectivity index (χ1n) is 9.34. The summed E-state index contributed by atoms with van der Waals surface area (Å²) in [6.07, 6.45) is 2.34. The number of morpholine rings is 1. The molecular formula is C19H32N4O2. The molecule has 0 radical (unpaired) electrons. The number of ether oxygens (including phenoxy) is 1. The zero-order chi connectivity index (χ0) is 18.4. The predicted molar refractivity (Wildman–Crippen MR) is 98.7 cm³/mol. The Morgan fingerprint density at radius 1 is 1.32 bits per heavy atom. The fourth-order valence-electron chi connectivity index (χ4n) is 3.33. The minimum Gasteiger partial charge on any atom is -0.373 e. The number of nitrogens with zero attached hydrogens (tertiary/aromatic N) is 3. The quantitative estimate of drug-likeness (QED) is 0.765. The maximum atomic E-state index is 12.4. The van der Waals surface area contributed by atoms with Crippen LogP contribution in [0.4, 0.5) is 0 Å². The Kier molecular flexibility index (Phi) is 7.32. The van der Waals surface area contributed by atoms with E-state index in [9.17, 15) is 4.79 Å². The van der Waals surface area contributed by atoms with Gasteiger partial charge in [-0.1, -0.05) is 13.8 Å². The second-order valence-electron chi connectivity index (χ2n) is 7.52. The minimum atomic E-state index is -0.112. The van der Waals surface area contributed by atoms with Gasteiger partial charge in [0.05, 0.1) is 12.2 Å². The van der Waals surface area contributed by atoms with Crippen LogP contribution >= 0.6 is 0 Å². The lowest BCUT2D eigenvalue weighted by molar-refractivity contribution is -0.0679. The van der Waals surface area contributed by atoms with Gasteiger partial charge >= 0.3 is 0 Å². The van der Waals surface area contributed by atoms with Crippen molar-refractivity contribution in [3.05, 3.63) is 23.3 Å². The summed E-state index contributed by atoms with van der Waals surface area (Å²) in [6, 6.07) is 1.81. The molecule has 6 nitrogen and oxygen atoms in total. The standard InChI is InChI=1S/C19H32N4O2/c1-13(2)9-17-10-18(22-16(5)21-17)19(24)20-7-6-8-23-11-14(3)25-15(4)12-23/h10,13-15H,6-9,11-12H2,1-5H3,(H,20,24)/t14-,15+. The molecule has 1 saturated heterocycles. The highest BCUT2D eigenvalue weighted by molar-refractivity contribution is 5.92. The first-order valence-corrected chi connectivity index (χ1v) is 9.34. The molecule has 0 unspecified atom stereocenters. The SMILES string of the molecule is Cc1nc(CC(C)C)cc(C(=O)NCCCN2C[C@@H](C)O[C@@H](C)C2)n1. The van der Waals surface area contributed by atoms with Crippen molar-refractivity contribution in [3.8, 4) is 0 Å². The maximum Gasteiger partial charge on any atom is 0.270 e. The molecule has 140 valence electrons. The highest BCUT2D eigenvalue weighted by Gasteiger charge is 2.21. The van der Waals surface area contributed by atoms with Crippen LogP contribution in [0.25, 0.3) is 0 Å². The van der Waals surface area contributed by atoms with Crippen LogP contribution in [0.3, 0.4) is 0 Å². The van der Waals surface area contributed by atoms with E-state index in [0.29, 0.717) is 24.0 Å². The summed E-state index contributed by atoms with van der Waals surface area (Å²) in [5, 5.41) is 2.98. The average molecular weight is 348 g/mol. The fourth-order valence-corrected chi connectivity index (χ4v) is 3.33. The molecule has 0 aromatic carbocycles. The van der Waals surface area contributed by atoms with Crippen molar-refractivity contribution < 1.29 is 9.53 Å². The Hall–Kier alpha value is -1.53. The fraction of sp³-hybridized carbons (Fsp3) is 0.737. The molecule has 1 aliphatic heterocycles. The van der Waals surface area contributed by atoms with Gasteiger partial charge in [0.25, 0.3) is 5.91 Å². The third-order valence-corrected chi connectivity index (χ3v) is 4.17. The molecule has 0 aliphatic carbocycles. The Morgan fingerprint density at radius 2 is 2.00 bits per heavy atom. The summed E-state index contributed by atoms with van der Waals surface area (Å²) in [7, 11) is 0. The lowest BCUT2D eigenvalue weighted by atomic mass is 10.1. The van der Waals surface area contributed by atoms with Crippen molar-refractivity contribution >= 4 is 5.91 Å². The molecule has 1 aliphatic rings. The van der Waals surface area contributed by atoms with Gasteiger partial charge in [0.15, 0.2) is 0 Å². The molecule has 0 bridgehead atoms. The zero-order valence-corrected chi connectivity index (χ0v) is 16.2. The van der Waals surface area contributed by atoms with Crippen molar-refractivity contribution in [1.82, 2.24) is 20.2 Å². The Morgan fingerprint density at radius 3 is 2.64 bits per heavy atom. The van der Waals surface area contributed by atoms with Gasteiger partial charge in [0, 0.05) is 31.9 Å². The Labute approximate surface area is 151 Å². The molecule has 25 heavy (non-hydrogen) atoms. The predicted octanol–water partition coefficient (Wildman–Crippen LogP) is 2.21. The van der Waals surface area contributed by atoms with E-state index in [0.717, 1.165) is 38.2 Å². The lowest BCUT2D eigenvalue weighted by Gasteiger charge is -2.35. The summed E-state index contributed by atoms with van der Waals surface area (Å²) in [6.45, 7) is 13.9. The molecule has 0 spiro atoms. The van der Waals surface area contributed by atoms with Gasteiger partial charge in [-0.2, -0.15) is 0 Å². The number of carbonyl (C=O) groups excluding carboxylic acids is 1. The molecule has 2 rings (SSSR count). The van der Waals surface area contributed by atoms with E-state index in [1.807, 2.05) is 13.0 Å². The first kappa shape index (κ1) is 19.8. The number of aromatic nitrogens is 2. The van der Waals surface area contributed by atoms with Crippen LogP contribution in [0.2, 0.25) is 0 Å². The molecule has 1 N–H and O–H groups in total. The zero-order valence-electron chi connectivity index (χ0n) is 16.2. The van der Waals surface area contributed by atoms with Gasteiger partial charge in [-0.3, -0.25) is 9.69 Å². The summed E-state index contributed by atoms with van der Waals surface area (Å²) in [5.74, 6) is 1.04. The van der Waals surface area contributed by atoms with Gasteiger partial charge in [0.2, 0.25) is 0 Å². The number of hydrogen-bond donors (Lipinski definition) is 1. The molecule has 1 aromatic heterocycles. The Bertz CT molecular complexity index is 567. The van der Waals surface area contributed by atoms with Crippen LogP contribution in [0.5, 0.6) is 0 Å². The van der Waals surface area contributed by atoms with E-state index >= 15 is 0 Å². The topological polar surface area (TPSA) is 67.4 Å². The van der Waals surface area contributed by atoms with E-state index in [1.54, 1.807) is 0 Å². The summed E-state index contributed by atoms with van der Waals surface area (Å²) in [5.41, 5.74) is 1.40. The molecular weight excluding hydrogens is 316 g/mol. The van der Waals surface area contributed by atoms with Crippen LogP contribution in [-0.4, -0.2) is 59.2 Å². The van der Waals surface area contributed by atoms with Crippen molar-refractivity contribution in [1.29, 1.82) is 0 Å². The van der Waals surface area contributed by atoms with E-state index in [2.05, 4.69) is 47.9 Å². The minimum absolute atomic E-state index is 0.112. The third-order valence-electron chi connectivity index (χ3n) is 4.17. The van der Waals surface area contributed by atoms with Crippen LogP contribution in [0, 0.1) is 12.8 Å². The average Bonchev–Trinajstić information content (AvgIpc) is 2.49. The number of amides is 1. The van der Waals surface area contributed by atoms with Crippen LogP contribution in [0.15, 0.2) is 6.07 Å². The number of aryl methyl sites for hydroxylation is 1. The third kappa shape index (κ3) is 6.71. The molecule has 1 amide bonds. The van der Waals surface area contributed by atoms with Gasteiger partial charge < -0.3 is 10.1 Å². The second-order valence-corrected chi connectivity index (χ2v) is 7.52. The van der Waals surface area contributed by atoms with Crippen molar-refractivity contribution in [2.75, 3.05) is 26.2 Å². The lowest BCUT2D eigenvalue weighted by Crippen LogP contribution is -2.46. The number of nitrogens with one attached hydrogen (secondary N) is 1. The maximum absolute atomic E-state index is 12.4. The van der Waals surface area contributed by atoms with Gasteiger partial charge in [-0.25, -0.2) is 9.97 Å². The first-order chi connectivity index (χ1) is 11.8. The Balaban J connectivity index is 1.79. The molecule has 2 heterocycles. The van der Waals surface area contributed by atoms with Gasteiger partial charge in [-0.15, -0.1) is 0 Å². The monoisotopic (exact) mass is 348 g/mol. The van der Waals surface area contributed by atoms with E-state index in [-0.39, 0.29) is 18.1 Å². The second kappa shape index (κ2) is 9.25. The smallest absolute Gasteiger partial charge is 0.270 e. The molecule has 2 atom stereocenters. The van der Waals surface area contributed by atoms with Crippen molar-refractivity contribution in [3.63, 3.8) is 0 Å². The summed E-state index contributed by atoms with van der Waals surface area (Å²) >= 11 is 0. The highest BCUT2D eigenvalue weighted by atomic mass is 16.5. The number of hydrogen-bond acceptors (Lipinski definition) is 5. The van der Waals surface area contributed by atoms with E-state index in [1.165, 1.54) is 0 Å². The normalized spacial score (nSPS) is 21.5. The van der Waals surface area contributed by atoms with Crippen molar-refractivity contribution in [2.45, 2.75) is 59.7 Å². The van der Waals surface area contributed by atoms with Crippen LogP contribution in [-0.2, 0) is 11.2 Å². The van der Waals surface area contributed by atoms with Crippen LogP contribution < -0.4 is 5.32 Å². The van der Waals surface area contributed by atoms with Crippen molar-refractivity contribution in [2.24, 2.45) is 5.92 Å². The van der Waals surface area contributed by atoms with Gasteiger partial charge in [0.1, 0.15) is 11.5 Å². The van der Waals surface area contributed by atoms with Gasteiger partial charge in [-0.05, 0) is 45.6 Å². The molecule has 1 fully saturated rings. The molecule has 6 heteroatoms. The summed E-state index contributed by atoms with van der Waals surface area (Å²) in [4.78, 5) is 23.5. The van der Waals surface area contributed by atoms with E-state index < -0.39 is 0 Å².